The molecule has 0 amide bonds. The van der Waals surface area contributed by atoms with Gasteiger partial charge in [0.05, 0.1) is 5.52 Å². The van der Waals surface area contributed by atoms with Crippen LogP contribution in [-0.4, -0.2) is 29.7 Å². The predicted octanol–water partition coefficient (Wildman–Crippen LogP) is 1.32. The Hall–Kier alpha value is -1.75. The third kappa shape index (κ3) is 2.14. The molecule has 0 aliphatic carbocycles. The Morgan fingerprint density at radius 1 is 1.26 bits per heavy atom. The Morgan fingerprint density at radius 3 is 2.63 bits per heavy atom. The van der Waals surface area contributed by atoms with Crippen LogP contribution in [0.5, 0.6) is 0 Å². The maximum atomic E-state index is 11.5. The zero-order valence-electron chi connectivity index (χ0n) is 11.5. The first kappa shape index (κ1) is 12.3. The highest BCUT2D eigenvalue weighted by Crippen LogP contribution is 2.23. The van der Waals surface area contributed by atoms with Gasteiger partial charge < -0.3 is 14.6 Å². The maximum Gasteiger partial charge on any atom is 0.419 e. The van der Waals surface area contributed by atoms with Gasteiger partial charge in [-0.2, -0.15) is 0 Å². The molecular weight excluding hydrogens is 242 g/mol. The maximum absolute atomic E-state index is 11.5. The molecule has 5 nitrogen and oxygen atoms in total. The van der Waals surface area contributed by atoms with Gasteiger partial charge in [-0.3, -0.25) is 4.57 Å². The summed E-state index contributed by atoms with van der Waals surface area (Å²) < 4.78 is 6.78. The van der Waals surface area contributed by atoms with E-state index >= 15 is 0 Å². The molecule has 3 rings (SSSR count). The molecule has 2 heterocycles. The summed E-state index contributed by atoms with van der Waals surface area (Å²) in [5.41, 5.74) is 2.61. The number of hydrogen-bond donors (Lipinski definition) is 1. The number of hydrogen-bond acceptors (Lipinski definition) is 4. The molecule has 0 spiro atoms. The first-order valence-electron chi connectivity index (χ1n) is 6.65. The van der Waals surface area contributed by atoms with Crippen LogP contribution >= 0.6 is 0 Å². The van der Waals surface area contributed by atoms with E-state index < -0.39 is 0 Å². The zero-order valence-corrected chi connectivity index (χ0v) is 11.5. The van der Waals surface area contributed by atoms with Crippen LogP contribution in [0.15, 0.2) is 27.4 Å². The van der Waals surface area contributed by atoms with E-state index in [1.165, 1.54) is 4.57 Å². The molecule has 1 saturated heterocycles. The van der Waals surface area contributed by atoms with Crippen LogP contribution in [-0.2, 0) is 7.05 Å². The standard InChI is InChI=1S/C14H19N3O2/c1-9-7-17(8-10(2)15-9)11-4-5-12-13(6-11)19-14(18)16(12)3/h4-6,9-10,15H,7-8H2,1-3H3. The Labute approximate surface area is 111 Å². The van der Waals surface area contributed by atoms with Gasteiger partial charge in [0.15, 0.2) is 5.58 Å². The molecule has 2 aromatic rings. The summed E-state index contributed by atoms with van der Waals surface area (Å²) in [5, 5.41) is 3.51. The lowest BCUT2D eigenvalue weighted by Gasteiger charge is -2.37. The van der Waals surface area contributed by atoms with E-state index in [0.717, 1.165) is 24.3 Å². The van der Waals surface area contributed by atoms with Gasteiger partial charge in [0.25, 0.3) is 0 Å². The molecule has 1 N–H and O–H groups in total. The topological polar surface area (TPSA) is 50.4 Å². The minimum Gasteiger partial charge on any atom is -0.408 e. The molecule has 0 saturated carbocycles. The third-order valence-electron chi connectivity index (χ3n) is 3.70. The second kappa shape index (κ2) is 4.42. The SMILES string of the molecule is CC1CN(c2ccc3c(c2)oc(=O)n3C)CC(C)N1. The van der Waals surface area contributed by atoms with Gasteiger partial charge in [0, 0.05) is 44.0 Å². The lowest BCUT2D eigenvalue weighted by Crippen LogP contribution is -2.54. The summed E-state index contributed by atoms with van der Waals surface area (Å²) in [6.45, 7) is 6.30. The largest absolute Gasteiger partial charge is 0.419 e. The fraction of sp³-hybridized carbons (Fsp3) is 0.500. The molecule has 2 atom stereocenters. The number of oxazole rings is 1. The summed E-state index contributed by atoms with van der Waals surface area (Å²) in [5.74, 6) is -0.311. The summed E-state index contributed by atoms with van der Waals surface area (Å²) in [6, 6.07) is 6.89. The number of nitrogens with one attached hydrogen (secondary N) is 1. The quantitative estimate of drug-likeness (QED) is 0.841. The van der Waals surface area contributed by atoms with Gasteiger partial charge in [0.1, 0.15) is 0 Å². The second-order valence-corrected chi connectivity index (χ2v) is 5.45. The average Bonchev–Trinajstić information content (AvgIpc) is 2.63. The summed E-state index contributed by atoms with van der Waals surface area (Å²) in [6.07, 6.45) is 0. The second-order valence-electron chi connectivity index (χ2n) is 5.45. The normalized spacial score (nSPS) is 24.1. The van der Waals surface area contributed by atoms with Crippen molar-refractivity contribution < 1.29 is 4.42 Å². The highest BCUT2D eigenvalue weighted by molar-refractivity contribution is 5.77. The molecule has 0 radical (unpaired) electrons. The molecule has 1 aliphatic rings. The number of anilines is 1. The van der Waals surface area contributed by atoms with Crippen molar-refractivity contribution in [1.29, 1.82) is 0 Å². The fourth-order valence-electron chi connectivity index (χ4n) is 2.86. The van der Waals surface area contributed by atoms with E-state index in [0.29, 0.717) is 17.7 Å². The van der Waals surface area contributed by atoms with Gasteiger partial charge in [-0.05, 0) is 26.0 Å². The van der Waals surface area contributed by atoms with Crippen LogP contribution < -0.4 is 16.0 Å². The van der Waals surface area contributed by atoms with Crippen molar-refractivity contribution in [1.82, 2.24) is 9.88 Å². The zero-order chi connectivity index (χ0) is 13.6. The lowest BCUT2D eigenvalue weighted by atomic mass is 10.1. The molecule has 2 unspecified atom stereocenters. The number of benzene rings is 1. The number of piperazine rings is 1. The van der Waals surface area contributed by atoms with Crippen LogP contribution in [0.25, 0.3) is 11.1 Å². The van der Waals surface area contributed by atoms with E-state index in [2.05, 4.69) is 30.1 Å². The molecule has 5 heteroatoms. The van der Waals surface area contributed by atoms with Gasteiger partial charge in [-0.1, -0.05) is 0 Å². The number of aromatic nitrogens is 1. The van der Waals surface area contributed by atoms with Crippen LogP contribution in [0.4, 0.5) is 5.69 Å². The molecule has 19 heavy (non-hydrogen) atoms. The molecule has 0 bridgehead atoms. The molecule has 1 fully saturated rings. The Morgan fingerprint density at radius 2 is 1.95 bits per heavy atom. The van der Waals surface area contributed by atoms with Gasteiger partial charge in [0.2, 0.25) is 0 Å². The van der Waals surface area contributed by atoms with Crippen molar-refractivity contribution in [3.8, 4) is 0 Å². The van der Waals surface area contributed by atoms with Gasteiger partial charge >= 0.3 is 5.76 Å². The average molecular weight is 261 g/mol. The number of rotatable bonds is 1. The van der Waals surface area contributed by atoms with Crippen molar-refractivity contribution >= 4 is 16.8 Å². The number of fused-ring (bicyclic) bond motifs is 1. The van der Waals surface area contributed by atoms with Crippen LogP contribution in [0.3, 0.4) is 0 Å². The molecule has 1 aromatic carbocycles. The monoisotopic (exact) mass is 261 g/mol. The van der Waals surface area contributed by atoms with Crippen LogP contribution in [0.2, 0.25) is 0 Å². The number of aryl methyl sites for hydroxylation is 1. The molecule has 1 aliphatic heterocycles. The summed E-state index contributed by atoms with van der Waals surface area (Å²) in [7, 11) is 1.73. The highest BCUT2D eigenvalue weighted by Gasteiger charge is 2.21. The number of nitrogens with zero attached hydrogens (tertiary/aromatic N) is 2. The van der Waals surface area contributed by atoms with E-state index in [1.807, 2.05) is 12.1 Å². The van der Waals surface area contributed by atoms with Crippen LogP contribution in [0.1, 0.15) is 13.8 Å². The minimum absolute atomic E-state index is 0.311. The lowest BCUT2D eigenvalue weighted by molar-refractivity contribution is 0.407. The Kier molecular flexibility index (Phi) is 2.86. The van der Waals surface area contributed by atoms with E-state index in [9.17, 15) is 4.79 Å². The summed E-state index contributed by atoms with van der Waals surface area (Å²) >= 11 is 0. The van der Waals surface area contributed by atoms with E-state index in [1.54, 1.807) is 7.05 Å². The smallest absolute Gasteiger partial charge is 0.408 e. The molecule has 102 valence electrons. The van der Waals surface area contributed by atoms with Crippen molar-refractivity contribution in [3.63, 3.8) is 0 Å². The van der Waals surface area contributed by atoms with Crippen molar-refractivity contribution in [2.24, 2.45) is 7.05 Å². The first-order chi connectivity index (χ1) is 9.04. The predicted molar refractivity (Wildman–Crippen MR) is 75.7 cm³/mol. The van der Waals surface area contributed by atoms with Gasteiger partial charge in [-0.25, -0.2) is 4.79 Å². The van der Waals surface area contributed by atoms with Crippen molar-refractivity contribution in [3.05, 3.63) is 28.7 Å². The molecular formula is C14H19N3O2. The van der Waals surface area contributed by atoms with Gasteiger partial charge in [-0.15, -0.1) is 0 Å². The molecule has 1 aromatic heterocycles. The third-order valence-corrected chi connectivity index (χ3v) is 3.70. The summed E-state index contributed by atoms with van der Waals surface area (Å²) in [4.78, 5) is 13.8. The highest BCUT2D eigenvalue weighted by atomic mass is 16.4. The van der Waals surface area contributed by atoms with E-state index in [4.69, 9.17) is 4.42 Å². The van der Waals surface area contributed by atoms with Crippen molar-refractivity contribution in [2.45, 2.75) is 25.9 Å². The van der Waals surface area contributed by atoms with E-state index in [-0.39, 0.29) is 5.76 Å². The Bertz CT molecular complexity index is 648. The minimum atomic E-state index is -0.311. The fourth-order valence-corrected chi connectivity index (χ4v) is 2.86. The van der Waals surface area contributed by atoms with Crippen LogP contribution in [0, 0.1) is 0 Å². The van der Waals surface area contributed by atoms with Crippen molar-refractivity contribution in [2.75, 3.05) is 18.0 Å². The first-order valence-corrected chi connectivity index (χ1v) is 6.65. The Balaban J connectivity index is 1.99.